The van der Waals surface area contributed by atoms with Crippen molar-refractivity contribution < 1.29 is 26.7 Å². The van der Waals surface area contributed by atoms with Gasteiger partial charge in [0.05, 0.1) is 6.54 Å². The van der Waals surface area contributed by atoms with E-state index in [0.29, 0.717) is 5.56 Å². The van der Waals surface area contributed by atoms with Crippen molar-refractivity contribution in [1.82, 2.24) is 5.32 Å². The lowest BCUT2D eigenvalue weighted by Crippen LogP contribution is -2.31. The van der Waals surface area contributed by atoms with Gasteiger partial charge < -0.3 is 15.8 Å². The Labute approximate surface area is 140 Å². The molecule has 2 rings (SSSR count). The van der Waals surface area contributed by atoms with Gasteiger partial charge in [-0.2, -0.15) is 0 Å². The highest BCUT2D eigenvalue weighted by atomic mass is 19.4. The van der Waals surface area contributed by atoms with E-state index < -0.39 is 18.0 Å². The van der Waals surface area contributed by atoms with Crippen molar-refractivity contribution in [3.8, 4) is 5.75 Å². The second-order valence-electron chi connectivity index (χ2n) is 4.98. The third-order valence-corrected chi connectivity index (χ3v) is 3.06. The third kappa shape index (κ3) is 6.28. The Kier molecular flexibility index (Phi) is 5.79. The van der Waals surface area contributed by atoms with Gasteiger partial charge in [0.15, 0.2) is 5.96 Å². The van der Waals surface area contributed by atoms with E-state index in [1.165, 1.54) is 12.1 Å². The van der Waals surface area contributed by atoms with Gasteiger partial charge in [0, 0.05) is 12.1 Å². The number of aliphatic imine (C=N–C) groups is 1. The van der Waals surface area contributed by atoms with Crippen LogP contribution < -0.4 is 15.8 Å². The Bertz CT molecular complexity index is 744. The molecular weight excluding hydrogens is 345 g/mol. The van der Waals surface area contributed by atoms with Crippen molar-refractivity contribution in [3.05, 3.63) is 65.2 Å². The number of alkyl halides is 3. The van der Waals surface area contributed by atoms with Crippen molar-refractivity contribution in [1.29, 1.82) is 0 Å². The highest BCUT2D eigenvalue weighted by Gasteiger charge is 2.30. The first kappa shape index (κ1) is 18.5. The van der Waals surface area contributed by atoms with Gasteiger partial charge in [0.2, 0.25) is 0 Å². The SMILES string of the molecule is NC(=NCc1ccc(OC(F)(F)F)cc1)NCc1cc(F)ccc1F. The number of halogens is 5. The maximum absolute atomic E-state index is 13.4. The van der Waals surface area contributed by atoms with E-state index in [0.717, 1.165) is 30.3 Å². The molecule has 3 N–H and O–H groups in total. The molecule has 0 radical (unpaired) electrons. The summed E-state index contributed by atoms with van der Waals surface area (Å²) in [5.74, 6) is -1.51. The molecule has 0 saturated heterocycles. The highest BCUT2D eigenvalue weighted by Crippen LogP contribution is 2.22. The largest absolute Gasteiger partial charge is 0.573 e. The van der Waals surface area contributed by atoms with Crippen LogP contribution in [-0.2, 0) is 13.1 Å². The molecule has 25 heavy (non-hydrogen) atoms. The minimum absolute atomic E-state index is 0.0146. The van der Waals surface area contributed by atoms with Gasteiger partial charge in [-0.25, -0.2) is 13.8 Å². The Morgan fingerprint density at radius 2 is 1.76 bits per heavy atom. The fraction of sp³-hybridized carbons (Fsp3) is 0.188. The van der Waals surface area contributed by atoms with Gasteiger partial charge in [0.25, 0.3) is 0 Å². The van der Waals surface area contributed by atoms with Gasteiger partial charge >= 0.3 is 6.36 Å². The standard InChI is InChI=1S/C16H14F5N3O/c17-12-3-6-14(18)11(7-12)9-24-15(22)23-8-10-1-4-13(5-2-10)25-16(19,20)21/h1-7H,8-9H2,(H3,22,23,24). The molecule has 0 fully saturated rings. The van der Waals surface area contributed by atoms with Crippen molar-refractivity contribution in [3.63, 3.8) is 0 Å². The van der Waals surface area contributed by atoms with Crippen molar-refractivity contribution in [2.75, 3.05) is 0 Å². The number of guanidine groups is 1. The van der Waals surface area contributed by atoms with Crippen LogP contribution in [0, 0.1) is 11.6 Å². The molecule has 0 aliphatic heterocycles. The molecule has 0 aliphatic carbocycles. The first-order valence-corrected chi connectivity index (χ1v) is 7.05. The van der Waals surface area contributed by atoms with Gasteiger partial charge in [0.1, 0.15) is 17.4 Å². The Morgan fingerprint density at radius 1 is 1.08 bits per heavy atom. The Hall–Kier alpha value is -2.84. The molecule has 2 aromatic carbocycles. The van der Waals surface area contributed by atoms with Crippen molar-refractivity contribution in [2.45, 2.75) is 19.5 Å². The first-order chi connectivity index (χ1) is 11.7. The fourth-order valence-electron chi connectivity index (χ4n) is 1.89. The topological polar surface area (TPSA) is 59.6 Å². The summed E-state index contributed by atoms with van der Waals surface area (Å²) in [6.07, 6.45) is -4.75. The summed E-state index contributed by atoms with van der Waals surface area (Å²) < 4.78 is 66.4. The Balaban J connectivity index is 1.89. The zero-order chi connectivity index (χ0) is 18.4. The predicted molar refractivity (Wildman–Crippen MR) is 81.6 cm³/mol. The van der Waals surface area contributed by atoms with Gasteiger partial charge in [-0.05, 0) is 35.9 Å². The van der Waals surface area contributed by atoms with Crippen molar-refractivity contribution in [2.24, 2.45) is 10.7 Å². The van der Waals surface area contributed by atoms with E-state index >= 15 is 0 Å². The summed E-state index contributed by atoms with van der Waals surface area (Å²) in [4.78, 5) is 3.97. The number of hydrogen-bond donors (Lipinski definition) is 2. The van der Waals surface area contributed by atoms with E-state index in [1.807, 2.05) is 0 Å². The summed E-state index contributed by atoms with van der Waals surface area (Å²) >= 11 is 0. The molecule has 0 amide bonds. The smallest absolute Gasteiger partial charge is 0.406 e. The van der Waals surface area contributed by atoms with Gasteiger partial charge in [-0.1, -0.05) is 12.1 Å². The molecule has 0 atom stereocenters. The number of rotatable bonds is 5. The van der Waals surface area contributed by atoms with Crippen LogP contribution in [0.5, 0.6) is 5.75 Å². The third-order valence-electron chi connectivity index (χ3n) is 3.06. The van der Waals surface area contributed by atoms with Crippen LogP contribution in [0.1, 0.15) is 11.1 Å². The summed E-state index contributed by atoms with van der Waals surface area (Å²) in [5.41, 5.74) is 6.30. The van der Waals surface area contributed by atoms with Crippen LogP contribution in [-0.4, -0.2) is 12.3 Å². The summed E-state index contributed by atoms with van der Waals surface area (Å²) in [7, 11) is 0. The molecule has 0 aliphatic rings. The zero-order valence-corrected chi connectivity index (χ0v) is 12.8. The van der Waals surface area contributed by atoms with Gasteiger partial charge in [-0.15, -0.1) is 13.2 Å². The van der Waals surface area contributed by atoms with E-state index in [9.17, 15) is 22.0 Å². The lowest BCUT2D eigenvalue weighted by atomic mass is 10.2. The van der Waals surface area contributed by atoms with E-state index in [-0.39, 0.29) is 30.4 Å². The first-order valence-electron chi connectivity index (χ1n) is 7.05. The lowest BCUT2D eigenvalue weighted by molar-refractivity contribution is -0.274. The molecule has 0 unspecified atom stereocenters. The highest BCUT2D eigenvalue weighted by molar-refractivity contribution is 5.77. The zero-order valence-electron chi connectivity index (χ0n) is 12.8. The lowest BCUT2D eigenvalue weighted by Gasteiger charge is -2.09. The quantitative estimate of drug-likeness (QED) is 0.488. The number of nitrogens with two attached hydrogens (primary N) is 1. The monoisotopic (exact) mass is 359 g/mol. The normalized spacial score (nSPS) is 12.1. The molecule has 9 heteroatoms. The van der Waals surface area contributed by atoms with Crippen LogP contribution in [0.15, 0.2) is 47.5 Å². The minimum Gasteiger partial charge on any atom is -0.406 e. The second kappa shape index (κ2) is 7.82. The average molecular weight is 359 g/mol. The number of nitrogens with zero attached hydrogens (tertiary/aromatic N) is 1. The van der Waals surface area contributed by atoms with Crippen LogP contribution in [0.3, 0.4) is 0 Å². The van der Waals surface area contributed by atoms with Crippen molar-refractivity contribution >= 4 is 5.96 Å². The number of benzene rings is 2. The Morgan fingerprint density at radius 3 is 2.40 bits per heavy atom. The molecule has 2 aromatic rings. The maximum atomic E-state index is 13.4. The molecular formula is C16H14F5N3O. The van der Waals surface area contributed by atoms with Gasteiger partial charge in [-0.3, -0.25) is 0 Å². The number of ether oxygens (including phenoxy) is 1. The number of nitrogens with one attached hydrogen (secondary N) is 1. The second-order valence-corrected chi connectivity index (χ2v) is 4.98. The molecule has 0 aromatic heterocycles. The van der Waals surface area contributed by atoms with E-state index in [4.69, 9.17) is 5.73 Å². The fourth-order valence-corrected chi connectivity index (χ4v) is 1.89. The molecule has 0 bridgehead atoms. The van der Waals surface area contributed by atoms with E-state index in [1.54, 1.807) is 0 Å². The summed E-state index contributed by atoms with van der Waals surface area (Å²) in [6, 6.07) is 8.17. The van der Waals surface area contributed by atoms with Crippen LogP contribution in [0.25, 0.3) is 0 Å². The summed E-state index contributed by atoms with van der Waals surface area (Å²) in [5, 5.41) is 2.63. The average Bonchev–Trinajstić information content (AvgIpc) is 2.53. The molecule has 4 nitrogen and oxygen atoms in total. The van der Waals surface area contributed by atoms with E-state index in [2.05, 4.69) is 15.0 Å². The van der Waals surface area contributed by atoms with Crippen LogP contribution >= 0.6 is 0 Å². The molecule has 0 spiro atoms. The molecule has 0 heterocycles. The predicted octanol–water partition coefficient (Wildman–Crippen LogP) is 3.47. The van der Waals surface area contributed by atoms with Crippen LogP contribution in [0.4, 0.5) is 22.0 Å². The van der Waals surface area contributed by atoms with Crippen LogP contribution in [0.2, 0.25) is 0 Å². The maximum Gasteiger partial charge on any atom is 0.573 e. The minimum atomic E-state index is -4.75. The molecule has 134 valence electrons. The molecule has 0 saturated carbocycles. The number of hydrogen-bond acceptors (Lipinski definition) is 2. The summed E-state index contributed by atoms with van der Waals surface area (Å²) in [6.45, 7) is 0.0358.